The van der Waals surface area contributed by atoms with Gasteiger partial charge in [0.05, 0.1) is 6.20 Å². The van der Waals surface area contributed by atoms with Gasteiger partial charge in [0, 0.05) is 29.3 Å². The molecule has 0 fully saturated rings. The molecule has 0 bridgehead atoms. The predicted octanol–water partition coefficient (Wildman–Crippen LogP) is 2.86. The molecule has 1 atom stereocenters. The Hall–Kier alpha value is -1.07. The summed E-state index contributed by atoms with van der Waals surface area (Å²) < 4.78 is 1.78. The van der Waals surface area contributed by atoms with Gasteiger partial charge in [-0.3, -0.25) is 16.0 Å². The molecule has 1 unspecified atom stereocenters. The third kappa shape index (κ3) is 3.70. The second-order valence-corrected chi connectivity index (χ2v) is 5.29. The third-order valence-corrected chi connectivity index (χ3v) is 3.59. The summed E-state index contributed by atoms with van der Waals surface area (Å²) in [4.78, 5) is 0. The zero-order chi connectivity index (χ0) is 13.8. The monoisotopic (exact) mass is 298 g/mol. The van der Waals surface area contributed by atoms with Gasteiger partial charge >= 0.3 is 0 Å². The third-order valence-electron chi connectivity index (χ3n) is 3.01. The molecule has 2 aromatic rings. The molecule has 0 amide bonds. The molecule has 6 heteroatoms. The lowest BCUT2D eigenvalue weighted by Crippen LogP contribution is -2.28. The Morgan fingerprint density at radius 3 is 2.84 bits per heavy atom. The first-order valence-electron chi connectivity index (χ1n) is 5.98. The number of hydrogen-bond acceptors (Lipinski definition) is 3. The van der Waals surface area contributed by atoms with Gasteiger partial charge in [-0.25, -0.2) is 0 Å². The molecular formula is C13H16Cl2N4. The zero-order valence-electron chi connectivity index (χ0n) is 10.6. The average molecular weight is 299 g/mol. The van der Waals surface area contributed by atoms with Crippen LogP contribution in [0.15, 0.2) is 30.6 Å². The number of halogens is 2. The van der Waals surface area contributed by atoms with Gasteiger partial charge in [0.25, 0.3) is 0 Å². The molecule has 0 spiro atoms. The highest BCUT2D eigenvalue weighted by atomic mass is 35.5. The molecule has 0 aliphatic heterocycles. The SMILES string of the molecule is Cn1cc(CCC(NN)c2cc(Cl)ccc2Cl)cn1. The molecule has 2 rings (SSSR count). The summed E-state index contributed by atoms with van der Waals surface area (Å²) >= 11 is 12.2. The van der Waals surface area contributed by atoms with Gasteiger partial charge in [0.15, 0.2) is 0 Å². The second-order valence-electron chi connectivity index (χ2n) is 4.45. The van der Waals surface area contributed by atoms with E-state index >= 15 is 0 Å². The highest BCUT2D eigenvalue weighted by molar-refractivity contribution is 6.33. The smallest absolute Gasteiger partial charge is 0.0521 e. The number of nitrogens with one attached hydrogen (secondary N) is 1. The molecule has 3 N–H and O–H groups in total. The van der Waals surface area contributed by atoms with Gasteiger partial charge in [-0.15, -0.1) is 0 Å². The molecule has 0 radical (unpaired) electrons. The van der Waals surface area contributed by atoms with Crippen molar-refractivity contribution in [3.8, 4) is 0 Å². The van der Waals surface area contributed by atoms with Gasteiger partial charge in [-0.1, -0.05) is 23.2 Å². The molecular weight excluding hydrogens is 283 g/mol. The van der Waals surface area contributed by atoms with E-state index in [0.717, 1.165) is 18.4 Å². The van der Waals surface area contributed by atoms with Gasteiger partial charge in [-0.2, -0.15) is 5.10 Å². The Bertz CT molecular complexity index is 553. The Labute approximate surface area is 122 Å². The summed E-state index contributed by atoms with van der Waals surface area (Å²) in [5.41, 5.74) is 4.88. The van der Waals surface area contributed by atoms with Crippen LogP contribution in [-0.2, 0) is 13.5 Å². The van der Waals surface area contributed by atoms with Crippen LogP contribution in [0.1, 0.15) is 23.6 Å². The number of rotatable bonds is 5. The molecule has 0 saturated carbocycles. The van der Waals surface area contributed by atoms with E-state index in [1.54, 1.807) is 16.8 Å². The van der Waals surface area contributed by atoms with Crippen molar-refractivity contribution in [1.82, 2.24) is 15.2 Å². The summed E-state index contributed by atoms with van der Waals surface area (Å²) in [6.45, 7) is 0. The summed E-state index contributed by atoms with van der Waals surface area (Å²) in [5, 5.41) is 5.46. The maximum atomic E-state index is 6.18. The Kier molecular flexibility index (Phi) is 4.82. The van der Waals surface area contributed by atoms with Crippen molar-refractivity contribution < 1.29 is 0 Å². The number of nitrogens with two attached hydrogens (primary N) is 1. The molecule has 0 aliphatic rings. The summed E-state index contributed by atoms with van der Waals surface area (Å²) in [6, 6.07) is 5.36. The van der Waals surface area contributed by atoms with Crippen molar-refractivity contribution in [1.29, 1.82) is 0 Å². The zero-order valence-corrected chi connectivity index (χ0v) is 12.1. The number of nitrogens with zero attached hydrogens (tertiary/aromatic N) is 2. The lowest BCUT2D eigenvalue weighted by molar-refractivity contribution is 0.516. The summed E-state index contributed by atoms with van der Waals surface area (Å²) in [5.74, 6) is 5.62. The van der Waals surface area contributed by atoms with Crippen LogP contribution in [0.2, 0.25) is 10.0 Å². The molecule has 0 aliphatic carbocycles. The van der Waals surface area contributed by atoms with Crippen LogP contribution >= 0.6 is 23.2 Å². The first kappa shape index (κ1) is 14.3. The molecule has 1 heterocycles. The maximum absolute atomic E-state index is 6.18. The van der Waals surface area contributed by atoms with Crippen LogP contribution < -0.4 is 11.3 Å². The van der Waals surface area contributed by atoms with Gasteiger partial charge < -0.3 is 0 Å². The summed E-state index contributed by atoms with van der Waals surface area (Å²) in [6.07, 6.45) is 5.54. The minimum Gasteiger partial charge on any atom is -0.276 e. The highest BCUT2D eigenvalue weighted by Crippen LogP contribution is 2.28. The minimum atomic E-state index is -0.0357. The van der Waals surface area contributed by atoms with E-state index in [1.807, 2.05) is 25.5 Å². The van der Waals surface area contributed by atoms with Crippen LogP contribution in [0.5, 0.6) is 0 Å². The predicted molar refractivity (Wildman–Crippen MR) is 78.1 cm³/mol. The van der Waals surface area contributed by atoms with Crippen LogP contribution in [0.4, 0.5) is 0 Å². The molecule has 19 heavy (non-hydrogen) atoms. The van der Waals surface area contributed by atoms with Crippen LogP contribution in [-0.4, -0.2) is 9.78 Å². The average Bonchev–Trinajstić information content (AvgIpc) is 2.80. The number of aromatic nitrogens is 2. The molecule has 1 aromatic carbocycles. The van der Waals surface area contributed by atoms with Crippen molar-refractivity contribution in [2.75, 3.05) is 0 Å². The Morgan fingerprint density at radius 1 is 1.42 bits per heavy atom. The van der Waals surface area contributed by atoms with E-state index in [1.165, 1.54) is 5.56 Å². The van der Waals surface area contributed by atoms with Crippen molar-refractivity contribution in [3.63, 3.8) is 0 Å². The molecule has 0 saturated heterocycles. The maximum Gasteiger partial charge on any atom is 0.0521 e. The fourth-order valence-electron chi connectivity index (χ4n) is 2.02. The second kappa shape index (κ2) is 6.39. The standard InChI is InChI=1S/C13H16Cl2N4/c1-19-8-9(7-17-19)2-5-13(18-16)11-6-10(14)3-4-12(11)15/h3-4,6-8,13,18H,2,5,16H2,1H3. The topological polar surface area (TPSA) is 55.9 Å². The van der Waals surface area contributed by atoms with Crippen molar-refractivity contribution >= 4 is 23.2 Å². The van der Waals surface area contributed by atoms with Crippen molar-refractivity contribution in [2.45, 2.75) is 18.9 Å². The van der Waals surface area contributed by atoms with Crippen LogP contribution in [0, 0.1) is 0 Å². The van der Waals surface area contributed by atoms with Gasteiger partial charge in [0.1, 0.15) is 0 Å². The minimum absolute atomic E-state index is 0.0357. The van der Waals surface area contributed by atoms with E-state index in [4.69, 9.17) is 29.0 Å². The van der Waals surface area contributed by atoms with E-state index in [2.05, 4.69) is 10.5 Å². The first-order valence-corrected chi connectivity index (χ1v) is 6.74. The van der Waals surface area contributed by atoms with Gasteiger partial charge in [0.2, 0.25) is 0 Å². The van der Waals surface area contributed by atoms with Crippen molar-refractivity contribution in [2.24, 2.45) is 12.9 Å². The first-order chi connectivity index (χ1) is 9.10. The Morgan fingerprint density at radius 2 is 2.21 bits per heavy atom. The highest BCUT2D eigenvalue weighted by Gasteiger charge is 2.14. The lowest BCUT2D eigenvalue weighted by atomic mass is 10.0. The number of hydrazine groups is 1. The Balaban J connectivity index is 2.09. The molecule has 1 aromatic heterocycles. The van der Waals surface area contributed by atoms with Crippen LogP contribution in [0.3, 0.4) is 0 Å². The number of hydrogen-bond donors (Lipinski definition) is 2. The van der Waals surface area contributed by atoms with E-state index in [-0.39, 0.29) is 6.04 Å². The summed E-state index contributed by atoms with van der Waals surface area (Å²) in [7, 11) is 1.90. The fourth-order valence-corrected chi connectivity index (χ4v) is 2.45. The van der Waals surface area contributed by atoms with Gasteiger partial charge in [-0.05, 0) is 42.2 Å². The quantitative estimate of drug-likeness (QED) is 0.659. The van der Waals surface area contributed by atoms with E-state index in [0.29, 0.717) is 10.0 Å². The number of benzene rings is 1. The van der Waals surface area contributed by atoms with E-state index < -0.39 is 0 Å². The number of aryl methyl sites for hydroxylation is 2. The lowest BCUT2D eigenvalue weighted by Gasteiger charge is -2.17. The molecule has 102 valence electrons. The van der Waals surface area contributed by atoms with E-state index in [9.17, 15) is 0 Å². The fraction of sp³-hybridized carbons (Fsp3) is 0.308. The normalized spacial score (nSPS) is 12.6. The molecule has 4 nitrogen and oxygen atoms in total. The van der Waals surface area contributed by atoms with Crippen molar-refractivity contribution in [3.05, 3.63) is 51.8 Å². The largest absolute Gasteiger partial charge is 0.276 e. The van der Waals surface area contributed by atoms with Crippen LogP contribution in [0.25, 0.3) is 0 Å².